The van der Waals surface area contributed by atoms with Crippen LogP contribution in [0.3, 0.4) is 0 Å². The summed E-state index contributed by atoms with van der Waals surface area (Å²) in [6.45, 7) is 1.07. The molecule has 1 amide bonds. The van der Waals surface area contributed by atoms with Gasteiger partial charge in [0.05, 0.1) is 16.6 Å². The van der Waals surface area contributed by atoms with E-state index in [-0.39, 0.29) is 5.54 Å². The molecule has 4 rings (SSSR count). The van der Waals surface area contributed by atoms with E-state index in [0.29, 0.717) is 11.1 Å². The Kier molecular flexibility index (Phi) is 2.07. The van der Waals surface area contributed by atoms with E-state index in [1.807, 2.05) is 12.1 Å². The summed E-state index contributed by atoms with van der Waals surface area (Å²) < 4.78 is 0. The van der Waals surface area contributed by atoms with Gasteiger partial charge < -0.3 is 16.0 Å². The summed E-state index contributed by atoms with van der Waals surface area (Å²) >= 11 is 0. The van der Waals surface area contributed by atoms with Gasteiger partial charge >= 0.3 is 0 Å². The summed E-state index contributed by atoms with van der Waals surface area (Å²) in [6, 6.07) is 5.50. The maximum atomic E-state index is 11.5. The Morgan fingerprint density at radius 1 is 1.47 bits per heavy atom. The minimum absolute atomic E-state index is 0.0153. The van der Waals surface area contributed by atoms with E-state index >= 15 is 0 Å². The second-order valence-electron chi connectivity index (χ2n) is 5.72. The first-order valence-corrected chi connectivity index (χ1v) is 6.72. The molecule has 2 atom stereocenters. The number of aromatic nitrogens is 2. The number of imidazole rings is 1. The van der Waals surface area contributed by atoms with Gasteiger partial charge in [0.1, 0.15) is 11.3 Å². The van der Waals surface area contributed by atoms with E-state index in [9.17, 15) is 4.79 Å². The van der Waals surface area contributed by atoms with Gasteiger partial charge in [0, 0.05) is 0 Å². The van der Waals surface area contributed by atoms with Gasteiger partial charge in [-0.15, -0.1) is 0 Å². The standard InChI is InChI=1S/C14H16N4O/c15-12(19)9-2-1-3-10-11(9)18-13(17-10)14-5-4-8(6-14)7-16-14/h1-3,8,16H,4-7H2,(H2,15,19)(H,17,18). The van der Waals surface area contributed by atoms with Crippen LogP contribution in [0.25, 0.3) is 11.0 Å². The highest BCUT2D eigenvalue weighted by atomic mass is 16.1. The Morgan fingerprint density at radius 3 is 3.00 bits per heavy atom. The van der Waals surface area contributed by atoms with Crippen molar-refractivity contribution in [1.82, 2.24) is 15.3 Å². The number of nitrogens with two attached hydrogens (primary N) is 1. The Hall–Kier alpha value is -1.88. The van der Waals surface area contributed by atoms with Crippen molar-refractivity contribution >= 4 is 16.9 Å². The number of hydrogen-bond acceptors (Lipinski definition) is 3. The highest BCUT2D eigenvalue weighted by molar-refractivity contribution is 6.04. The first-order valence-electron chi connectivity index (χ1n) is 6.72. The largest absolute Gasteiger partial charge is 0.366 e. The van der Waals surface area contributed by atoms with E-state index in [2.05, 4.69) is 15.3 Å². The van der Waals surface area contributed by atoms with Crippen molar-refractivity contribution in [3.05, 3.63) is 29.6 Å². The van der Waals surface area contributed by atoms with Crippen LogP contribution in [-0.2, 0) is 5.54 Å². The number of rotatable bonds is 2. The minimum atomic E-state index is -0.426. The molecule has 2 aromatic rings. The molecule has 1 aromatic carbocycles. The zero-order chi connectivity index (χ0) is 13.0. The lowest BCUT2D eigenvalue weighted by atomic mass is 9.98. The van der Waals surface area contributed by atoms with Crippen molar-refractivity contribution in [2.75, 3.05) is 6.54 Å². The van der Waals surface area contributed by atoms with Crippen molar-refractivity contribution in [2.24, 2.45) is 11.7 Å². The number of hydrogen-bond donors (Lipinski definition) is 3. The number of aromatic amines is 1. The molecule has 2 fully saturated rings. The van der Waals surface area contributed by atoms with Gasteiger partial charge in [-0.25, -0.2) is 4.98 Å². The summed E-state index contributed by atoms with van der Waals surface area (Å²) in [5, 5.41) is 3.59. The summed E-state index contributed by atoms with van der Waals surface area (Å²) in [4.78, 5) is 19.5. The Morgan fingerprint density at radius 2 is 2.37 bits per heavy atom. The molecule has 2 aliphatic rings. The van der Waals surface area contributed by atoms with Crippen LogP contribution >= 0.6 is 0 Å². The average Bonchev–Trinajstić information content (AvgIpc) is 3.11. The fourth-order valence-corrected chi connectivity index (χ4v) is 3.58. The molecule has 1 saturated carbocycles. The van der Waals surface area contributed by atoms with Crippen LogP contribution in [0.5, 0.6) is 0 Å². The second kappa shape index (κ2) is 3.57. The molecule has 2 heterocycles. The summed E-state index contributed by atoms with van der Waals surface area (Å²) in [6.07, 6.45) is 3.51. The Balaban J connectivity index is 1.89. The highest BCUT2D eigenvalue weighted by Crippen LogP contribution is 2.46. The quantitative estimate of drug-likeness (QED) is 0.756. The fourth-order valence-electron chi connectivity index (χ4n) is 3.58. The van der Waals surface area contributed by atoms with Gasteiger partial charge in [-0.2, -0.15) is 0 Å². The van der Waals surface area contributed by atoms with Crippen LogP contribution in [0.15, 0.2) is 18.2 Å². The molecule has 19 heavy (non-hydrogen) atoms. The molecule has 0 spiro atoms. The topological polar surface area (TPSA) is 83.8 Å². The predicted molar refractivity (Wildman–Crippen MR) is 71.6 cm³/mol. The monoisotopic (exact) mass is 256 g/mol. The van der Waals surface area contributed by atoms with Crippen LogP contribution in [0, 0.1) is 5.92 Å². The Bertz CT molecular complexity index is 667. The van der Waals surface area contributed by atoms with Crippen LogP contribution in [0.4, 0.5) is 0 Å². The molecule has 2 bridgehead atoms. The first kappa shape index (κ1) is 11.0. The number of piperidine rings is 1. The van der Waals surface area contributed by atoms with E-state index in [4.69, 9.17) is 5.73 Å². The van der Waals surface area contributed by atoms with Crippen molar-refractivity contribution in [3.8, 4) is 0 Å². The third-order valence-corrected chi connectivity index (χ3v) is 4.58. The molecule has 1 aliphatic carbocycles. The number of H-pyrrole nitrogens is 1. The zero-order valence-corrected chi connectivity index (χ0v) is 10.6. The van der Waals surface area contributed by atoms with Gasteiger partial charge in [-0.3, -0.25) is 4.79 Å². The third-order valence-electron chi connectivity index (χ3n) is 4.58. The number of primary amides is 1. The molecular formula is C14H16N4O. The molecule has 1 aromatic heterocycles. The number of para-hydroxylation sites is 1. The molecule has 5 heteroatoms. The smallest absolute Gasteiger partial charge is 0.250 e. The van der Waals surface area contributed by atoms with Crippen LogP contribution < -0.4 is 11.1 Å². The molecule has 1 saturated heterocycles. The lowest BCUT2D eigenvalue weighted by Gasteiger charge is -2.25. The number of fused-ring (bicyclic) bond motifs is 3. The number of carbonyl (C=O) groups excluding carboxylic acids is 1. The van der Waals surface area contributed by atoms with Gasteiger partial charge in [0.25, 0.3) is 5.91 Å². The number of nitrogens with one attached hydrogen (secondary N) is 2. The van der Waals surface area contributed by atoms with Crippen LogP contribution in [-0.4, -0.2) is 22.4 Å². The van der Waals surface area contributed by atoms with E-state index in [1.165, 1.54) is 6.42 Å². The van der Waals surface area contributed by atoms with E-state index in [1.54, 1.807) is 6.07 Å². The van der Waals surface area contributed by atoms with Crippen LogP contribution in [0.1, 0.15) is 35.4 Å². The Labute approximate surface area is 110 Å². The molecule has 1 aliphatic heterocycles. The van der Waals surface area contributed by atoms with Gasteiger partial charge in [0.2, 0.25) is 0 Å². The third kappa shape index (κ3) is 1.45. The zero-order valence-electron chi connectivity index (χ0n) is 10.6. The number of carbonyl (C=O) groups is 1. The number of nitrogens with zero attached hydrogens (tertiary/aromatic N) is 1. The summed E-state index contributed by atoms with van der Waals surface area (Å²) in [5.74, 6) is 1.30. The first-order chi connectivity index (χ1) is 9.18. The minimum Gasteiger partial charge on any atom is -0.366 e. The van der Waals surface area contributed by atoms with E-state index in [0.717, 1.165) is 36.6 Å². The van der Waals surface area contributed by atoms with Crippen molar-refractivity contribution in [1.29, 1.82) is 0 Å². The van der Waals surface area contributed by atoms with Crippen molar-refractivity contribution < 1.29 is 4.79 Å². The molecular weight excluding hydrogens is 240 g/mol. The SMILES string of the molecule is NC(=O)c1cccc2[nH]c(C34CCC(CN3)C4)nc12. The normalized spacial score (nSPS) is 29.2. The second-order valence-corrected chi connectivity index (χ2v) is 5.72. The van der Waals surface area contributed by atoms with Crippen molar-refractivity contribution in [2.45, 2.75) is 24.8 Å². The van der Waals surface area contributed by atoms with Gasteiger partial charge in [0.15, 0.2) is 0 Å². The predicted octanol–water partition coefficient (Wildman–Crippen LogP) is 1.26. The maximum absolute atomic E-state index is 11.5. The number of benzene rings is 1. The molecule has 98 valence electrons. The number of amides is 1. The van der Waals surface area contributed by atoms with Gasteiger partial charge in [-0.05, 0) is 43.9 Å². The van der Waals surface area contributed by atoms with E-state index < -0.39 is 5.91 Å². The highest BCUT2D eigenvalue weighted by Gasteiger charge is 2.47. The van der Waals surface area contributed by atoms with Gasteiger partial charge in [-0.1, -0.05) is 6.07 Å². The van der Waals surface area contributed by atoms with Crippen molar-refractivity contribution in [3.63, 3.8) is 0 Å². The summed E-state index contributed by atoms with van der Waals surface area (Å²) in [7, 11) is 0. The molecule has 5 nitrogen and oxygen atoms in total. The molecule has 2 unspecified atom stereocenters. The molecule has 0 radical (unpaired) electrons. The maximum Gasteiger partial charge on any atom is 0.250 e. The lowest BCUT2D eigenvalue weighted by Crippen LogP contribution is -2.38. The fraction of sp³-hybridized carbons (Fsp3) is 0.429. The molecule has 4 N–H and O–H groups in total. The average molecular weight is 256 g/mol. The summed E-state index contributed by atoms with van der Waals surface area (Å²) in [5.41, 5.74) is 7.46. The lowest BCUT2D eigenvalue weighted by molar-refractivity contribution is 0.100. The van der Waals surface area contributed by atoms with Crippen LogP contribution in [0.2, 0.25) is 0 Å².